The number of aryl methyl sites for hydroxylation is 1. The molecule has 8 nitrogen and oxygen atoms in total. The third-order valence-corrected chi connectivity index (χ3v) is 4.59. The molecule has 1 amide bonds. The van der Waals surface area contributed by atoms with E-state index in [9.17, 15) is 4.79 Å². The summed E-state index contributed by atoms with van der Waals surface area (Å²) in [5.74, 6) is -0.0859. The first kappa shape index (κ1) is 14.6. The van der Waals surface area contributed by atoms with Crippen LogP contribution in [0.2, 0.25) is 0 Å². The maximum atomic E-state index is 12.6. The smallest absolute Gasteiger partial charge is 0.252 e. The number of imidazole rings is 1. The van der Waals surface area contributed by atoms with Crippen LogP contribution in [0.25, 0.3) is 5.69 Å². The molecule has 122 valence electrons. The number of carbonyl (C=O) groups excluding carboxylic acids is 1. The van der Waals surface area contributed by atoms with Gasteiger partial charge in [-0.05, 0) is 61.4 Å². The van der Waals surface area contributed by atoms with E-state index in [-0.39, 0.29) is 5.91 Å². The molecule has 0 spiro atoms. The molecule has 3 aromatic rings. The molecular formula is C16H17N7O. The van der Waals surface area contributed by atoms with Crippen LogP contribution < -0.4 is 5.32 Å². The highest BCUT2D eigenvalue weighted by Crippen LogP contribution is 2.43. The van der Waals surface area contributed by atoms with E-state index in [0.29, 0.717) is 0 Å². The molecule has 2 heterocycles. The predicted octanol–water partition coefficient (Wildman–Crippen LogP) is 1.60. The van der Waals surface area contributed by atoms with E-state index >= 15 is 0 Å². The summed E-state index contributed by atoms with van der Waals surface area (Å²) >= 11 is 0. The Morgan fingerprint density at radius 1 is 1.17 bits per heavy atom. The minimum Gasteiger partial charge on any atom is -0.324 e. The monoisotopic (exact) mass is 323 g/mol. The molecule has 24 heavy (non-hydrogen) atoms. The Bertz CT molecular complexity index is 876. The third-order valence-electron chi connectivity index (χ3n) is 4.59. The molecule has 0 bridgehead atoms. The lowest BCUT2D eigenvalue weighted by atomic mass is 10.2. The van der Waals surface area contributed by atoms with E-state index in [1.165, 1.54) is 11.0 Å². The average Bonchev–Trinajstić information content (AvgIpc) is 3.08. The van der Waals surface area contributed by atoms with Gasteiger partial charge in [-0.25, -0.2) is 9.67 Å². The number of anilines is 1. The molecule has 0 atom stereocenters. The van der Waals surface area contributed by atoms with Crippen molar-refractivity contribution in [1.82, 2.24) is 29.8 Å². The zero-order valence-corrected chi connectivity index (χ0v) is 13.5. The topological polar surface area (TPSA) is 90.5 Å². The van der Waals surface area contributed by atoms with Crippen LogP contribution in [-0.2, 0) is 10.3 Å². The van der Waals surface area contributed by atoms with Crippen molar-refractivity contribution in [2.75, 3.05) is 5.32 Å². The Kier molecular flexibility index (Phi) is 3.19. The highest BCUT2D eigenvalue weighted by Gasteiger charge is 2.53. The van der Waals surface area contributed by atoms with Crippen LogP contribution in [0.5, 0.6) is 0 Å². The molecule has 2 aromatic heterocycles. The number of rotatable bonds is 4. The van der Waals surface area contributed by atoms with E-state index in [1.54, 1.807) is 6.33 Å². The standard InChI is InChI=1S/C16H17N7O/c1-11-12(2)22(9-17-11)14-5-3-13(4-6-14)19-15(24)16(7-8-16)23-10-18-20-21-23/h3-6,9-10H,7-8H2,1-2H3,(H,19,24). The van der Waals surface area contributed by atoms with Crippen molar-refractivity contribution in [2.24, 2.45) is 0 Å². The second-order valence-corrected chi connectivity index (χ2v) is 6.07. The SMILES string of the molecule is Cc1ncn(-c2ccc(NC(=O)C3(n4cnnn4)CC3)cc2)c1C. The Labute approximate surface area is 138 Å². The molecule has 8 heteroatoms. The van der Waals surface area contributed by atoms with Gasteiger partial charge in [0, 0.05) is 17.1 Å². The molecule has 0 unspecified atom stereocenters. The highest BCUT2D eigenvalue weighted by molar-refractivity contribution is 5.98. The summed E-state index contributed by atoms with van der Waals surface area (Å²) in [5, 5.41) is 14.0. The van der Waals surface area contributed by atoms with Crippen LogP contribution in [0.4, 0.5) is 5.69 Å². The fourth-order valence-corrected chi connectivity index (χ4v) is 2.75. The molecule has 0 saturated heterocycles. The lowest BCUT2D eigenvalue weighted by Crippen LogP contribution is -2.33. The quantitative estimate of drug-likeness (QED) is 0.787. The summed E-state index contributed by atoms with van der Waals surface area (Å²) in [7, 11) is 0. The zero-order chi connectivity index (χ0) is 16.7. The molecule has 1 N–H and O–H groups in total. The first-order valence-electron chi connectivity index (χ1n) is 7.76. The first-order valence-corrected chi connectivity index (χ1v) is 7.76. The highest BCUT2D eigenvalue weighted by atomic mass is 16.2. The summed E-state index contributed by atoms with van der Waals surface area (Å²) in [6, 6.07) is 7.69. The van der Waals surface area contributed by atoms with E-state index in [2.05, 4.69) is 25.8 Å². The Balaban J connectivity index is 1.52. The Morgan fingerprint density at radius 2 is 1.92 bits per heavy atom. The van der Waals surface area contributed by atoms with Crippen molar-refractivity contribution in [2.45, 2.75) is 32.2 Å². The first-order chi connectivity index (χ1) is 11.6. The van der Waals surface area contributed by atoms with E-state index < -0.39 is 5.54 Å². The second-order valence-electron chi connectivity index (χ2n) is 6.07. The number of nitrogens with zero attached hydrogens (tertiary/aromatic N) is 6. The number of tetrazole rings is 1. The van der Waals surface area contributed by atoms with Gasteiger partial charge in [-0.15, -0.1) is 5.10 Å². The molecule has 1 aliphatic carbocycles. The molecule has 4 rings (SSSR count). The van der Waals surface area contributed by atoms with E-state index in [1.807, 2.05) is 42.7 Å². The van der Waals surface area contributed by atoms with Gasteiger partial charge in [0.25, 0.3) is 5.91 Å². The minimum atomic E-state index is -0.639. The molecule has 1 fully saturated rings. The van der Waals surface area contributed by atoms with Crippen LogP contribution in [0.15, 0.2) is 36.9 Å². The predicted molar refractivity (Wildman–Crippen MR) is 86.7 cm³/mol. The van der Waals surface area contributed by atoms with Crippen molar-refractivity contribution >= 4 is 11.6 Å². The van der Waals surface area contributed by atoms with Crippen molar-refractivity contribution in [3.63, 3.8) is 0 Å². The van der Waals surface area contributed by atoms with Gasteiger partial charge < -0.3 is 9.88 Å². The number of benzene rings is 1. The molecule has 1 saturated carbocycles. The number of amides is 1. The van der Waals surface area contributed by atoms with Crippen LogP contribution in [-0.4, -0.2) is 35.7 Å². The molecule has 0 radical (unpaired) electrons. The average molecular weight is 323 g/mol. The van der Waals surface area contributed by atoms with Crippen LogP contribution in [0.3, 0.4) is 0 Å². The fraction of sp³-hybridized carbons (Fsp3) is 0.312. The third kappa shape index (κ3) is 2.27. The van der Waals surface area contributed by atoms with Crippen LogP contribution >= 0.6 is 0 Å². The number of carbonyl (C=O) groups is 1. The van der Waals surface area contributed by atoms with Gasteiger partial charge in [0.05, 0.1) is 12.0 Å². The molecule has 0 aliphatic heterocycles. The van der Waals surface area contributed by atoms with E-state index in [0.717, 1.165) is 35.6 Å². The molecule has 1 aliphatic rings. The van der Waals surface area contributed by atoms with Crippen molar-refractivity contribution in [3.8, 4) is 5.69 Å². The maximum Gasteiger partial charge on any atom is 0.252 e. The van der Waals surface area contributed by atoms with Gasteiger partial charge in [0.1, 0.15) is 11.9 Å². The molecular weight excluding hydrogens is 306 g/mol. The van der Waals surface area contributed by atoms with Gasteiger partial charge in [-0.2, -0.15) is 0 Å². The Hall–Kier alpha value is -3.03. The van der Waals surface area contributed by atoms with Crippen molar-refractivity contribution in [1.29, 1.82) is 0 Å². The van der Waals surface area contributed by atoms with Crippen molar-refractivity contribution < 1.29 is 4.79 Å². The maximum absolute atomic E-state index is 12.6. The number of hydrogen-bond donors (Lipinski definition) is 1. The summed E-state index contributed by atoms with van der Waals surface area (Å²) in [5.41, 5.74) is 3.22. The normalized spacial score (nSPS) is 15.2. The summed E-state index contributed by atoms with van der Waals surface area (Å²) in [4.78, 5) is 16.9. The molecule has 1 aromatic carbocycles. The second kappa shape index (κ2) is 5.26. The van der Waals surface area contributed by atoms with Gasteiger partial charge in [-0.1, -0.05) is 0 Å². The minimum absolute atomic E-state index is 0.0859. The van der Waals surface area contributed by atoms with Gasteiger partial charge >= 0.3 is 0 Å². The zero-order valence-electron chi connectivity index (χ0n) is 13.5. The largest absolute Gasteiger partial charge is 0.324 e. The Morgan fingerprint density at radius 3 is 2.46 bits per heavy atom. The van der Waals surface area contributed by atoms with E-state index in [4.69, 9.17) is 0 Å². The number of aromatic nitrogens is 6. The lowest BCUT2D eigenvalue weighted by Gasteiger charge is -2.15. The summed E-state index contributed by atoms with van der Waals surface area (Å²) in [6.45, 7) is 4.01. The number of nitrogens with one attached hydrogen (secondary N) is 1. The fourth-order valence-electron chi connectivity index (χ4n) is 2.75. The summed E-state index contributed by atoms with van der Waals surface area (Å²) in [6.07, 6.45) is 4.78. The summed E-state index contributed by atoms with van der Waals surface area (Å²) < 4.78 is 3.55. The van der Waals surface area contributed by atoms with Gasteiger partial charge in [-0.3, -0.25) is 4.79 Å². The van der Waals surface area contributed by atoms with Gasteiger partial charge in [0.15, 0.2) is 0 Å². The van der Waals surface area contributed by atoms with Crippen LogP contribution in [0.1, 0.15) is 24.2 Å². The van der Waals surface area contributed by atoms with Crippen molar-refractivity contribution in [3.05, 3.63) is 48.3 Å². The lowest BCUT2D eigenvalue weighted by molar-refractivity contribution is -0.120. The van der Waals surface area contributed by atoms with Crippen LogP contribution in [0, 0.1) is 13.8 Å². The number of hydrogen-bond acceptors (Lipinski definition) is 5. The van der Waals surface area contributed by atoms with Gasteiger partial charge in [0.2, 0.25) is 0 Å².